The van der Waals surface area contributed by atoms with Crippen LogP contribution in [0.2, 0.25) is 0 Å². The first-order chi connectivity index (χ1) is 7.59. The molecule has 4 atom stereocenters. The van der Waals surface area contributed by atoms with E-state index in [1.165, 1.54) is 19.3 Å². The van der Waals surface area contributed by atoms with Gasteiger partial charge in [-0.05, 0) is 79.4 Å². The molecule has 0 radical (unpaired) electrons. The molecule has 0 aromatic heterocycles. The van der Waals surface area contributed by atoms with Gasteiger partial charge in [0, 0.05) is 5.54 Å². The molecule has 4 unspecified atom stereocenters. The summed E-state index contributed by atoms with van der Waals surface area (Å²) in [6.07, 6.45) is 8.98. The highest BCUT2D eigenvalue weighted by Gasteiger charge is 2.70. The van der Waals surface area contributed by atoms with Crippen LogP contribution in [-0.2, 0) is 0 Å². The summed E-state index contributed by atoms with van der Waals surface area (Å²) in [5, 5.41) is 0. The summed E-state index contributed by atoms with van der Waals surface area (Å²) in [6.45, 7) is 2.56. The fourth-order valence-electron chi connectivity index (χ4n) is 7.37. The van der Waals surface area contributed by atoms with Crippen LogP contribution in [0.25, 0.3) is 0 Å². The highest BCUT2D eigenvalue weighted by Crippen LogP contribution is 2.74. The van der Waals surface area contributed by atoms with Crippen molar-refractivity contribution in [1.82, 2.24) is 0 Å². The van der Waals surface area contributed by atoms with Gasteiger partial charge in [0.15, 0.2) is 0 Å². The Morgan fingerprint density at radius 2 is 1.50 bits per heavy atom. The fourth-order valence-corrected chi connectivity index (χ4v) is 7.37. The normalized spacial score (nSPS) is 73.9. The Labute approximate surface area is 98.2 Å². The van der Waals surface area contributed by atoms with Gasteiger partial charge >= 0.3 is 0 Å². The molecule has 7 fully saturated rings. The second-order valence-corrected chi connectivity index (χ2v) is 8.28. The predicted molar refractivity (Wildman–Crippen MR) is 63.7 cm³/mol. The third-order valence-electron chi connectivity index (χ3n) is 7.52. The zero-order valence-corrected chi connectivity index (χ0v) is 10.3. The van der Waals surface area contributed by atoms with Gasteiger partial charge in [-0.25, -0.2) is 0 Å². The predicted octanol–water partition coefficient (Wildman–Crippen LogP) is 2.80. The molecule has 0 spiro atoms. The van der Waals surface area contributed by atoms with E-state index in [0.29, 0.717) is 11.0 Å². The van der Waals surface area contributed by atoms with Gasteiger partial charge < -0.3 is 5.73 Å². The molecule has 0 heterocycles. The third-order valence-corrected chi connectivity index (χ3v) is 7.52. The van der Waals surface area contributed by atoms with Crippen LogP contribution in [0.4, 0.5) is 0 Å². The van der Waals surface area contributed by atoms with E-state index >= 15 is 0 Å². The zero-order chi connectivity index (χ0) is 10.7. The quantitative estimate of drug-likeness (QED) is 0.663. The van der Waals surface area contributed by atoms with Gasteiger partial charge in [0.25, 0.3) is 0 Å². The van der Waals surface area contributed by atoms with Crippen LogP contribution in [0.15, 0.2) is 0 Å². The lowest BCUT2D eigenvalue weighted by atomic mass is 9.31. The highest BCUT2D eigenvalue weighted by molar-refractivity contribution is 5.23. The monoisotopic (exact) mass is 217 g/mol. The molecule has 7 saturated carbocycles. The van der Waals surface area contributed by atoms with E-state index in [1.807, 2.05) is 0 Å². The summed E-state index contributed by atoms with van der Waals surface area (Å²) in [5.41, 5.74) is 7.91. The van der Waals surface area contributed by atoms with Crippen molar-refractivity contribution < 1.29 is 0 Å². The molecule has 88 valence electrons. The Balaban J connectivity index is 1.73. The Kier molecular flexibility index (Phi) is 1.26. The maximum atomic E-state index is 6.91. The molecule has 0 saturated heterocycles. The maximum absolute atomic E-state index is 6.91. The molecule has 0 aromatic carbocycles. The summed E-state index contributed by atoms with van der Waals surface area (Å²) in [7, 11) is 0. The van der Waals surface area contributed by atoms with Crippen LogP contribution in [0.5, 0.6) is 0 Å². The number of hydrogen-bond donors (Lipinski definition) is 1. The molecule has 16 heavy (non-hydrogen) atoms. The van der Waals surface area contributed by atoms with E-state index in [9.17, 15) is 0 Å². The SMILES string of the molecule is CC12CC3C4CC5CC3C(C1)C(N)(C5)C4C2. The molecule has 7 aliphatic carbocycles. The molecular formula is C15H23N. The molecule has 8 bridgehead atoms. The smallest absolute Gasteiger partial charge is 0.0220 e. The van der Waals surface area contributed by atoms with Crippen molar-refractivity contribution in [3.8, 4) is 0 Å². The lowest BCUT2D eigenvalue weighted by molar-refractivity contribution is -0.238. The molecule has 0 aliphatic heterocycles. The van der Waals surface area contributed by atoms with E-state index < -0.39 is 0 Å². The number of nitrogens with two attached hydrogens (primary N) is 1. The minimum absolute atomic E-state index is 0.299. The molecule has 1 heteroatoms. The summed E-state index contributed by atoms with van der Waals surface area (Å²) in [5.74, 6) is 6.05. The Bertz CT molecular complexity index is 350. The third kappa shape index (κ3) is 0.749. The summed E-state index contributed by atoms with van der Waals surface area (Å²) in [6, 6.07) is 0. The van der Waals surface area contributed by atoms with Crippen LogP contribution < -0.4 is 5.73 Å². The van der Waals surface area contributed by atoms with E-state index in [1.54, 1.807) is 19.3 Å². The standard InChI is InChI=1S/C15H23N/c1-14-5-11-9-2-8-3-10(11)13(7-14)15(16,4-8)12(9)6-14/h8-13H,2-7,16H2,1H3. The van der Waals surface area contributed by atoms with Gasteiger partial charge in [-0.3, -0.25) is 0 Å². The molecule has 7 rings (SSSR count). The van der Waals surface area contributed by atoms with E-state index in [0.717, 1.165) is 35.5 Å². The number of rotatable bonds is 0. The first kappa shape index (κ1) is 8.97. The van der Waals surface area contributed by atoms with Crippen LogP contribution in [-0.4, -0.2) is 5.54 Å². The Hall–Kier alpha value is -0.0400. The molecule has 1 nitrogen and oxygen atoms in total. The summed E-state index contributed by atoms with van der Waals surface area (Å²) < 4.78 is 0. The average molecular weight is 217 g/mol. The fraction of sp³-hybridized carbons (Fsp3) is 1.00. The average Bonchev–Trinajstić information content (AvgIpc) is 2.24. The van der Waals surface area contributed by atoms with Crippen molar-refractivity contribution in [2.75, 3.05) is 0 Å². The van der Waals surface area contributed by atoms with Crippen molar-refractivity contribution >= 4 is 0 Å². The van der Waals surface area contributed by atoms with Gasteiger partial charge in [0.1, 0.15) is 0 Å². The maximum Gasteiger partial charge on any atom is 0.0220 e. The van der Waals surface area contributed by atoms with Crippen molar-refractivity contribution in [2.24, 2.45) is 46.7 Å². The molecule has 2 N–H and O–H groups in total. The van der Waals surface area contributed by atoms with Gasteiger partial charge in [-0.15, -0.1) is 0 Å². The molecule has 0 aromatic rings. The van der Waals surface area contributed by atoms with Crippen LogP contribution in [0.1, 0.15) is 45.4 Å². The van der Waals surface area contributed by atoms with Crippen molar-refractivity contribution in [1.29, 1.82) is 0 Å². The second-order valence-electron chi connectivity index (χ2n) is 8.28. The first-order valence-corrected chi connectivity index (χ1v) is 7.38. The largest absolute Gasteiger partial charge is 0.325 e. The highest BCUT2D eigenvalue weighted by atomic mass is 14.9. The van der Waals surface area contributed by atoms with Crippen molar-refractivity contribution in [2.45, 2.75) is 51.0 Å². The molecular weight excluding hydrogens is 194 g/mol. The molecule has 0 amide bonds. The van der Waals surface area contributed by atoms with E-state index in [2.05, 4.69) is 6.92 Å². The lowest BCUT2D eigenvalue weighted by Crippen LogP contribution is -2.76. The first-order valence-electron chi connectivity index (χ1n) is 7.38. The lowest BCUT2D eigenvalue weighted by Gasteiger charge is -2.75. The van der Waals surface area contributed by atoms with E-state index in [-0.39, 0.29) is 0 Å². The Morgan fingerprint density at radius 3 is 2.12 bits per heavy atom. The topological polar surface area (TPSA) is 26.0 Å². The Morgan fingerprint density at radius 1 is 0.875 bits per heavy atom. The van der Waals surface area contributed by atoms with Crippen LogP contribution in [0.3, 0.4) is 0 Å². The van der Waals surface area contributed by atoms with Gasteiger partial charge in [-0.2, -0.15) is 0 Å². The van der Waals surface area contributed by atoms with Crippen LogP contribution >= 0.6 is 0 Å². The minimum atomic E-state index is 0.299. The molecule has 7 aliphatic rings. The zero-order valence-electron chi connectivity index (χ0n) is 10.3. The number of hydrogen-bond acceptors (Lipinski definition) is 1. The van der Waals surface area contributed by atoms with Gasteiger partial charge in [0.05, 0.1) is 0 Å². The minimum Gasteiger partial charge on any atom is -0.325 e. The summed E-state index contributed by atoms with van der Waals surface area (Å²) >= 11 is 0. The van der Waals surface area contributed by atoms with Crippen molar-refractivity contribution in [3.63, 3.8) is 0 Å². The van der Waals surface area contributed by atoms with Crippen LogP contribution in [0, 0.1) is 40.9 Å². The van der Waals surface area contributed by atoms with Gasteiger partial charge in [0.2, 0.25) is 0 Å². The van der Waals surface area contributed by atoms with Gasteiger partial charge in [-0.1, -0.05) is 6.92 Å². The second kappa shape index (κ2) is 2.25. The van der Waals surface area contributed by atoms with E-state index in [4.69, 9.17) is 5.73 Å². The van der Waals surface area contributed by atoms with Crippen molar-refractivity contribution in [3.05, 3.63) is 0 Å². The summed E-state index contributed by atoms with van der Waals surface area (Å²) in [4.78, 5) is 0.